The van der Waals surface area contributed by atoms with Gasteiger partial charge in [-0.25, -0.2) is 0 Å². The molecular formula is C14H6N4. The van der Waals surface area contributed by atoms with Gasteiger partial charge in [0.1, 0.15) is 24.3 Å². The quantitative estimate of drug-likeness (QED) is 0.703. The first-order valence-electron chi connectivity index (χ1n) is 4.78. The first-order valence-corrected chi connectivity index (χ1v) is 4.78. The Labute approximate surface area is 104 Å². The maximum Gasteiger partial charge on any atom is 0.101 e. The van der Waals surface area contributed by atoms with Crippen molar-refractivity contribution in [1.29, 1.82) is 21.0 Å². The molecular weight excluding hydrogens is 224 g/mol. The van der Waals surface area contributed by atoms with E-state index in [2.05, 4.69) is 13.2 Å². The second-order valence-corrected chi connectivity index (χ2v) is 3.24. The van der Waals surface area contributed by atoms with Crippen LogP contribution in [-0.4, -0.2) is 0 Å². The third-order valence-corrected chi connectivity index (χ3v) is 2.37. The number of nitriles is 4. The van der Waals surface area contributed by atoms with E-state index >= 15 is 0 Å². The highest BCUT2D eigenvalue weighted by molar-refractivity contribution is 5.63. The molecule has 1 aromatic carbocycles. The van der Waals surface area contributed by atoms with Crippen molar-refractivity contribution in [3.8, 4) is 24.3 Å². The van der Waals surface area contributed by atoms with Crippen LogP contribution in [0.25, 0.3) is 12.7 Å². The molecule has 0 amide bonds. The third kappa shape index (κ3) is 1.72. The van der Waals surface area contributed by atoms with Gasteiger partial charge in [0.2, 0.25) is 0 Å². The van der Waals surface area contributed by atoms with Crippen molar-refractivity contribution in [3.05, 3.63) is 45.3 Å². The summed E-state index contributed by atoms with van der Waals surface area (Å²) in [5.74, 6) is 0. The smallest absolute Gasteiger partial charge is 0.101 e. The first-order chi connectivity index (χ1) is 8.65. The number of benzene rings is 1. The van der Waals surface area contributed by atoms with Gasteiger partial charge in [0.25, 0.3) is 0 Å². The van der Waals surface area contributed by atoms with Crippen molar-refractivity contribution < 1.29 is 0 Å². The van der Waals surface area contributed by atoms with Crippen molar-refractivity contribution in [2.24, 2.45) is 0 Å². The van der Waals surface area contributed by atoms with Gasteiger partial charge in [-0.3, -0.25) is 0 Å². The molecule has 0 aliphatic rings. The summed E-state index contributed by atoms with van der Waals surface area (Å²) in [4.78, 5) is 0. The molecule has 0 N–H and O–H groups in total. The molecule has 1 rings (SSSR count). The Bertz CT molecular complexity index is 743. The zero-order chi connectivity index (χ0) is 13.7. The van der Waals surface area contributed by atoms with E-state index in [-0.39, 0.29) is 32.7 Å². The molecule has 0 atom stereocenters. The average Bonchev–Trinajstić information content (AvgIpc) is 2.39. The van der Waals surface area contributed by atoms with Crippen LogP contribution >= 0.6 is 0 Å². The molecule has 0 heterocycles. The molecule has 0 spiro atoms. The highest BCUT2D eigenvalue weighted by Crippen LogP contribution is 2.04. The van der Waals surface area contributed by atoms with Crippen LogP contribution in [0, 0.1) is 45.3 Å². The lowest BCUT2D eigenvalue weighted by Crippen LogP contribution is -2.25. The Morgan fingerprint density at radius 2 is 1.17 bits per heavy atom. The SMILES string of the molecule is C=CC=c1c(C#N)c(C#N)c(=C)c(C#N)c1C#N. The summed E-state index contributed by atoms with van der Waals surface area (Å²) in [7, 11) is 0. The van der Waals surface area contributed by atoms with Gasteiger partial charge in [-0.1, -0.05) is 25.3 Å². The number of allylic oxidation sites excluding steroid dienone is 1. The van der Waals surface area contributed by atoms with Crippen molar-refractivity contribution in [2.75, 3.05) is 0 Å². The van der Waals surface area contributed by atoms with E-state index < -0.39 is 0 Å². The maximum absolute atomic E-state index is 9.09. The highest BCUT2D eigenvalue weighted by Gasteiger charge is 2.15. The fraction of sp³-hybridized carbons (Fsp3) is 0. The second kappa shape index (κ2) is 5.13. The van der Waals surface area contributed by atoms with Crippen LogP contribution in [-0.2, 0) is 0 Å². The molecule has 0 radical (unpaired) electrons. The minimum absolute atomic E-state index is 0.0150. The van der Waals surface area contributed by atoms with Crippen LogP contribution < -0.4 is 10.4 Å². The summed E-state index contributed by atoms with van der Waals surface area (Å²) in [5.41, 5.74) is 0.109. The molecule has 0 saturated carbocycles. The fourth-order valence-electron chi connectivity index (χ4n) is 1.58. The largest absolute Gasteiger partial charge is 0.192 e. The molecule has 0 unspecified atom stereocenters. The van der Waals surface area contributed by atoms with Gasteiger partial charge < -0.3 is 0 Å². The Morgan fingerprint density at radius 1 is 0.778 bits per heavy atom. The molecule has 0 aromatic heterocycles. The van der Waals surface area contributed by atoms with Crippen molar-refractivity contribution in [3.63, 3.8) is 0 Å². The lowest BCUT2D eigenvalue weighted by Gasteiger charge is -2.02. The van der Waals surface area contributed by atoms with Crippen LogP contribution in [0.3, 0.4) is 0 Å². The normalized spacial score (nSPS) is 8.22. The van der Waals surface area contributed by atoms with E-state index in [1.807, 2.05) is 24.3 Å². The molecule has 0 saturated heterocycles. The highest BCUT2D eigenvalue weighted by atomic mass is 14.3. The number of nitrogens with zero attached hydrogens (tertiary/aromatic N) is 4. The molecule has 4 heteroatoms. The number of hydrogen-bond donors (Lipinski definition) is 0. The van der Waals surface area contributed by atoms with Gasteiger partial charge in [0.05, 0.1) is 22.3 Å². The molecule has 4 nitrogen and oxygen atoms in total. The van der Waals surface area contributed by atoms with Crippen LogP contribution in [0.4, 0.5) is 0 Å². The van der Waals surface area contributed by atoms with Gasteiger partial charge in [0.15, 0.2) is 0 Å². The van der Waals surface area contributed by atoms with Gasteiger partial charge in [-0.2, -0.15) is 21.0 Å². The van der Waals surface area contributed by atoms with Crippen molar-refractivity contribution in [1.82, 2.24) is 0 Å². The summed E-state index contributed by atoms with van der Waals surface area (Å²) in [6.07, 6.45) is 2.82. The number of rotatable bonds is 1. The molecule has 0 aliphatic heterocycles. The molecule has 82 valence electrons. The van der Waals surface area contributed by atoms with E-state index in [9.17, 15) is 0 Å². The van der Waals surface area contributed by atoms with E-state index in [0.717, 1.165) is 0 Å². The number of hydrogen-bond acceptors (Lipinski definition) is 4. The van der Waals surface area contributed by atoms with E-state index in [1.54, 1.807) is 0 Å². The van der Waals surface area contributed by atoms with Gasteiger partial charge >= 0.3 is 0 Å². The van der Waals surface area contributed by atoms with Crippen LogP contribution in [0.1, 0.15) is 22.3 Å². The van der Waals surface area contributed by atoms with Crippen LogP contribution in [0.5, 0.6) is 0 Å². The zero-order valence-corrected chi connectivity index (χ0v) is 9.36. The zero-order valence-electron chi connectivity index (χ0n) is 9.36. The maximum atomic E-state index is 9.09. The van der Waals surface area contributed by atoms with E-state index in [1.165, 1.54) is 12.2 Å². The molecule has 0 fully saturated rings. The fourth-order valence-corrected chi connectivity index (χ4v) is 1.58. The predicted octanol–water partition coefficient (Wildman–Crippen LogP) is 0.550. The first kappa shape index (κ1) is 12.7. The molecule has 18 heavy (non-hydrogen) atoms. The lowest BCUT2D eigenvalue weighted by atomic mass is 9.94. The standard InChI is InChI=1S/C14H6N4/c1-3-4-10-13(7-17)11(5-15)9(2)12(6-16)14(10)8-18/h3-4H,1-2H2. The average molecular weight is 230 g/mol. The topological polar surface area (TPSA) is 95.2 Å². The monoisotopic (exact) mass is 230 g/mol. The minimum atomic E-state index is 0.0150. The summed E-state index contributed by atoms with van der Waals surface area (Å²) in [6, 6.07) is 7.41. The summed E-state index contributed by atoms with van der Waals surface area (Å²) in [6.45, 7) is 7.08. The predicted molar refractivity (Wildman–Crippen MR) is 64.7 cm³/mol. The minimum Gasteiger partial charge on any atom is -0.192 e. The van der Waals surface area contributed by atoms with E-state index in [4.69, 9.17) is 21.0 Å². The molecule has 1 aromatic rings. The summed E-state index contributed by atoms with van der Waals surface area (Å²) in [5, 5.41) is 36.6. The second-order valence-electron chi connectivity index (χ2n) is 3.24. The van der Waals surface area contributed by atoms with Crippen LogP contribution in [0.2, 0.25) is 0 Å². The Hall–Kier alpha value is -3.34. The lowest BCUT2D eigenvalue weighted by molar-refractivity contribution is 1.31. The van der Waals surface area contributed by atoms with Crippen molar-refractivity contribution >= 4 is 12.7 Å². The van der Waals surface area contributed by atoms with Crippen LogP contribution in [0.15, 0.2) is 12.7 Å². The molecule has 0 aliphatic carbocycles. The summed E-state index contributed by atoms with van der Waals surface area (Å²) < 4.78 is 0. The third-order valence-electron chi connectivity index (χ3n) is 2.37. The van der Waals surface area contributed by atoms with Gasteiger partial charge in [-0.05, 0) is 0 Å². The molecule has 0 bridgehead atoms. The van der Waals surface area contributed by atoms with Crippen molar-refractivity contribution in [2.45, 2.75) is 0 Å². The van der Waals surface area contributed by atoms with E-state index in [0.29, 0.717) is 0 Å². The summed E-state index contributed by atoms with van der Waals surface area (Å²) >= 11 is 0. The van der Waals surface area contributed by atoms with Gasteiger partial charge in [0, 0.05) is 10.4 Å². The Kier molecular flexibility index (Phi) is 3.63. The van der Waals surface area contributed by atoms with Gasteiger partial charge in [-0.15, -0.1) is 0 Å². The Morgan fingerprint density at radius 3 is 1.44 bits per heavy atom. The Balaban J connectivity index is 4.28.